The minimum Gasteiger partial charge on any atom is -0.465 e. The first-order chi connectivity index (χ1) is 4.75. The monoisotopic (exact) mass is 174 g/mol. The second-order valence-corrected chi connectivity index (χ2v) is 2.89. The van der Waals surface area contributed by atoms with Gasteiger partial charge >= 0.3 is 5.97 Å². The van der Waals surface area contributed by atoms with E-state index in [4.69, 9.17) is 0 Å². The first-order valence-electron chi connectivity index (χ1n) is 2.59. The maximum absolute atomic E-state index is 10.8. The molecule has 0 amide bonds. The van der Waals surface area contributed by atoms with Crippen LogP contribution in [0.4, 0.5) is 0 Å². The first-order valence-corrected chi connectivity index (χ1v) is 3.98. The maximum Gasteiger partial charge on any atom is 0.339 e. The molecule has 0 unspecified atom stereocenters. The lowest BCUT2D eigenvalue weighted by molar-refractivity contribution is 0.0597. The first kappa shape index (κ1) is 7.63. The number of hydrogen-bond acceptors (Lipinski definition) is 4. The fraction of sp³-hybridized carbons (Fsp3) is 0.167. The number of ether oxygens (including phenoxy) is 1. The molecule has 0 saturated carbocycles. The standard InChI is InChI=1S/C6H6O2S2/c1-8-6(7)4-2-10-3-5(4)9/h2-3,9H,1H3. The van der Waals surface area contributed by atoms with Gasteiger partial charge < -0.3 is 4.74 Å². The van der Waals surface area contributed by atoms with Crippen LogP contribution in [0.25, 0.3) is 0 Å². The Hall–Kier alpha value is -0.480. The highest BCUT2D eigenvalue weighted by Gasteiger charge is 2.08. The third-order valence-electron chi connectivity index (χ3n) is 1.05. The zero-order valence-electron chi connectivity index (χ0n) is 5.33. The summed E-state index contributed by atoms with van der Waals surface area (Å²) in [4.78, 5) is 11.5. The molecule has 1 heterocycles. The molecule has 2 nitrogen and oxygen atoms in total. The number of thiol groups is 1. The SMILES string of the molecule is COC(=O)c1cscc1S. The second kappa shape index (κ2) is 3.07. The van der Waals surface area contributed by atoms with Crippen LogP contribution in [-0.4, -0.2) is 13.1 Å². The van der Waals surface area contributed by atoms with Crippen molar-refractivity contribution in [2.24, 2.45) is 0 Å². The van der Waals surface area contributed by atoms with Gasteiger partial charge in [-0.05, 0) is 0 Å². The number of methoxy groups -OCH3 is 1. The van der Waals surface area contributed by atoms with Gasteiger partial charge in [-0.1, -0.05) is 0 Å². The molecule has 1 aromatic rings. The van der Waals surface area contributed by atoms with E-state index in [9.17, 15) is 4.79 Å². The molecule has 0 aliphatic rings. The van der Waals surface area contributed by atoms with Crippen molar-refractivity contribution in [2.75, 3.05) is 7.11 Å². The summed E-state index contributed by atoms with van der Waals surface area (Å²) in [6.07, 6.45) is 0. The van der Waals surface area contributed by atoms with E-state index in [2.05, 4.69) is 17.4 Å². The molecular formula is C6H6O2S2. The number of carbonyl (C=O) groups excluding carboxylic acids is 1. The van der Waals surface area contributed by atoms with Crippen LogP contribution in [0.3, 0.4) is 0 Å². The number of hydrogen-bond donors (Lipinski definition) is 1. The third kappa shape index (κ3) is 1.33. The topological polar surface area (TPSA) is 26.3 Å². The fourth-order valence-corrected chi connectivity index (χ4v) is 1.66. The number of esters is 1. The normalized spacial score (nSPS) is 9.40. The van der Waals surface area contributed by atoms with Gasteiger partial charge in [0, 0.05) is 15.7 Å². The molecule has 0 fully saturated rings. The van der Waals surface area contributed by atoms with E-state index in [1.807, 2.05) is 0 Å². The van der Waals surface area contributed by atoms with E-state index in [1.165, 1.54) is 18.4 Å². The van der Waals surface area contributed by atoms with Gasteiger partial charge in [0.1, 0.15) is 0 Å². The summed E-state index contributed by atoms with van der Waals surface area (Å²) in [5.41, 5.74) is 0.538. The molecular weight excluding hydrogens is 168 g/mol. The summed E-state index contributed by atoms with van der Waals surface area (Å²) in [6.45, 7) is 0. The number of carbonyl (C=O) groups is 1. The minimum atomic E-state index is -0.328. The highest BCUT2D eigenvalue weighted by molar-refractivity contribution is 7.80. The van der Waals surface area contributed by atoms with Crippen LogP contribution in [0.5, 0.6) is 0 Å². The molecule has 0 saturated heterocycles. The smallest absolute Gasteiger partial charge is 0.339 e. The molecule has 0 radical (unpaired) electrons. The average molecular weight is 174 g/mol. The summed E-state index contributed by atoms with van der Waals surface area (Å²) in [7, 11) is 1.35. The van der Waals surface area contributed by atoms with Crippen molar-refractivity contribution in [3.05, 3.63) is 16.3 Å². The predicted molar refractivity (Wildman–Crippen MR) is 42.9 cm³/mol. The van der Waals surface area contributed by atoms with Gasteiger partial charge in [-0.25, -0.2) is 4.79 Å². The quantitative estimate of drug-likeness (QED) is 0.519. The van der Waals surface area contributed by atoms with Gasteiger partial charge in [0.25, 0.3) is 0 Å². The summed E-state index contributed by atoms with van der Waals surface area (Å²) >= 11 is 5.48. The van der Waals surface area contributed by atoms with Crippen LogP contribution in [0, 0.1) is 0 Å². The summed E-state index contributed by atoms with van der Waals surface area (Å²) in [5, 5.41) is 3.50. The Bertz CT molecular complexity index is 242. The van der Waals surface area contributed by atoms with Crippen molar-refractivity contribution in [2.45, 2.75) is 4.90 Å². The van der Waals surface area contributed by atoms with Crippen molar-refractivity contribution < 1.29 is 9.53 Å². The molecule has 0 bridgehead atoms. The average Bonchev–Trinajstić information content (AvgIpc) is 2.34. The molecule has 0 aliphatic heterocycles. The largest absolute Gasteiger partial charge is 0.465 e. The van der Waals surface area contributed by atoms with Gasteiger partial charge in [0.15, 0.2) is 0 Å². The fourth-order valence-electron chi connectivity index (χ4n) is 0.553. The molecule has 0 atom stereocenters. The van der Waals surface area contributed by atoms with E-state index in [1.54, 1.807) is 10.8 Å². The van der Waals surface area contributed by atoms with Crippen molar-refractivity contribution >= 4 is 29.9 Å². The van der Waals surface area contributed by atoms with Crippen molar-refractivity contribution in [1.29, 1.82) is 0 Å². The number of rotatable bonds is 1. The van der Waals surface area contributed by atoms with Crippen molar-refractivity contribution in [3.63, 3.8) is 0 Å². The molecule has 0 N–H and O–H groups in total. The minimum absolute atomic E-state index is 0.328. The maximum atomic E-state index is 10.8. The third-order valence-corrected chi connectivity index (χ3v) is 2.34. The van der Waals surface area contributed by atoms with Gasteiger partial charge in [-0.3, -0.25) is 0 Å². The summed E-state index contributed by atoms with van der Waals surface area (Å²) < 4.78 is 4.49. The van der Waals surface area contributed by atoms with Gasteiger partial charge in [-0.15, -0.1) is 12.6 Å². The number of thiophene rings is 1. The lowest BCUT2D eigenvalue weighted by Gasteiger charge is -1.94. The molecule has 4 heteroatoms. The van der Waals surface area contributed by atoms with Crippen molar-refractivity contribution in [3.8, 4) is 0 Å². The predicted octanol–water partition coefficient (Wildman–Crippen LogP) is 1.82. The molecule has 0 aliphatic carbocycles. The highest BCUT2D eigenvalue weighted by Crippen LogP contribution is 2.18. The molecule has 1 aromatic heterocycles. The van der Waals surface area contributed by atoms with E-state index in [-0.39, 0.29) is 5.97 Å². The van der Waals surface area contributed by atoms with Crippen LogP contribution < -0.4 is 0 Å². The van der Waals surface area contributed by atoms with E-state index < -0.39 is 0 Å². The Morgan fingerprint density at radius 1 is 1.70 bits per heavy atom. The van der Waals surface area contributed by atoms with Crippen LogP contribution in [0.2, 0.25) is 0 Å². The lowest BCUT2D eigenvalue weighted by Crippen LogP contribution is -1.99. The highest BCUT2D eigenvalue weighted by atomic mass is 32.1. The van der Waals surface area contributed by atoms with Crippen LogP contribution in [0.1, 0.15) is 10.4 Å². The van der Waals surface area contributed by atoms with E-state index >= 15 is 0 Å². The van der Waals surface area contributed by atoms with Gasteiger partial charge in [-0.2, -0.15) is 11.3 Å². The zero-order chi connectivity index (χ0) is 7.56. The Labute approximate surface area is 68.2 Å². The van der Waals surface area contributed by atoms with Crippen LogP contribution >= 0.6 is 24.0 Å². The molecule has 1 rings (SSSR count). The van der Waals surface area contributed by atoms with E-state index in [0.29, 0.717) is 10.5 Å². The Kier molecular flexibility index (Phi) is 2.34. The Balaban J connectivity index is 2.93. The van der Waals surface area contributed by atoms with Crippen LogP contribution in [0.15, 0.2) is 15.7 Å². The second-order valence-electron chi connectivity index (χ2n) is 1.66. The Morgan fingerprint density at radius 3 is 2.80 bits per heavy atom. The molecule has 0 spiro atoms. The summed E-state index contributed by atoms with van der Waals surface area (Å²) in [5.74, 6) is -0.328. The summed E-state index contributed by atoms with van der Waals surface area (Å²) in [6, 6.07) is 0. The van der Waals surface area contributed by atoms with Gasteiger partial charge in [0.05, 0.1) is 12.7 Å². The molecule has 10 heavy (non-hydrogen) atoms. The van der Waals surface area contributed by atoms with E-state index in [0.717, 1.165) is 0 Å². The zero-order valence-corrected chi connectivity index (χ0v) is 7.04. The molecule has 54 valence electrons. The van der Waals surface area contributed by atoms with Gasteiger partial charge in [0.2, 0.25) is 0 Å². The van der Waals surface area contributed by atoms with Crippen LogP contribution in [-0.2, 0) is 4.74 Å². The Morgan fingerprint density at radius 2 is 2.40 bits per heavy atom. The van der Waals surface area contributed by atoms with Crippen molar-refractivity contribution in [1.82, 2.24) is 0 Å². The lowest BCUT2D eigenvalue weighted by atomic mass is 10.3. The molecule has 0 aromatic carbocycles.